The minimum absolute atomic E-state index is 0.0286. The highest BCUT2D eigenvalue weighted by Crippen LogP contribution is 2.30. The van der Waals surface area contributed by atoms with Crippen molar-refractivity contribution in [2.24, 2.45) is 0 Å². The second-order valence-electron chi connectivity index (χ2n) is 6.32. The van der Waals surface area contributed by atoms with Crippen LogP contribution in [0.25, 0.3) is 6.08 Å². The van der Waals surface area contributed by atoms with Gasteiger partial charge in [-0.25, -0.2) is 0 Å². The van der Waals surface area contributed by atoms with E-state index in [-0.39, 0.29) is 11.6 Å². The summed E-state index contributed by atoms with van der Waals surface area (Å²) in [7, 11) is 0. The number of benzene rings is 2. The molecule has 0 aliphatic rings. The lowest BCUT2D eigenvalue weighted by molar-refractivity contribution is -0.117. The minimum atomic E-state index is -0.408. The molecule has 0 aromatic heterocycles. The SMILES string of the molecule is CCOc1cc(/C=C(/C#N)C(=O)NC(C)C)ccc1OCc1ccccc1Cl. The molecule has 0 saturated carbocycles. The van der Waals surface area contributed by atoms with Crippen LogP contribution >= 0.6 is 11.6 Å². The van der Waals surface area contributed by atoms with Gasteiger partial charge in [0.05, 0.1) is 6.61 Å². The van der Waals surface area contributed by atoms with Crippen LogP contribution in [0.4, 0.5) is 0 Å². The molecule has 0 aliphatic carbocycles. The number of amides is 1. The number of nitriles is 1. The number of carbonyl (C=O) groups excluding carboxylic acids is 1. The van der Waals surface area contributed by atoms with Gasteiger partial charge in [0.2, 0.25) is 0 Å². The molecule has 5 nitrogen and oxygen atoms in total. The van der Waals surface area contributed by atoms with E-state index in [1.54, 1.807) is 18.2 Å². The molecule has 0 bridgehead atoms. The topological polar surface area (TPSA) is 71.3 Å². The van der Waals surface area contributed by atoms with E-state index in [9.17, 15) is 10.1 Å². The van der Waals surface area contributed by atoms with Gasteiger partial charge < -0.3 is 14.8 Å². The van der Waals surface area contributed by atoms with E-state index in [0.717, 1.165) is 5.56 Å². The lowest BCUT2D eigenvalue weighted by Crippen LogP contribution is -2.30. The van der Waals surface area contributed by atoms with Crippen LogP contribution in [-0.2, 0) is 11.4 Å². The quantitative estimate of drug-likeness (QED) is 0.514. The molecule has 1 N–H and O–H groups in total. The van der Waals surface area contributed by atoms with Crippen molar-refractivity contribution in [3.05, 3.63) is 64.2 Å². The van der Waals surface area contributed by atoms with Crippen molar-refractivity contribution in [2.45, 2.75) is 33.4 Å². The number of ether oxygens (including phenoxy) is 2. The van der Waals surface area contributed by atoms with Gasteiger partial charge in [0, 0.05) is 16.6 Å². The normalized spacial score (nSPS) is 11.1. The van der Waals surface area contributed by atoms with Crippen LogP contribution in [0.5, 0.6) is 11.5 Å². The summed E-state index contributed by atoms with van der Waals surface area (Å²) in [4.78, 5) is 12.1. The second kappa shape index (κ2) is 10.4. The van der Waals surface area contributed by atoms with Crippen molar-refractivity contribution in [3.63, 3.8) is 0 Å². The summed E-state index contributed by atoms with van der Waals surface area (Å²) in [6.45, 7) is 6.30. The third-order valence-electron chi connectivity index (χ3n) is 3.70. The number of hydrogen-bond donors (Lipinski definition) is 1. The number of hydrogen-bond acceptors (Lipinski definition) is 4. The first-order chi connectivity index (χ1) is 13.4. The van der Waals surface area contributed by atoms with E-state index in [4.69, 9.17) is 21.1 Å². The average molecular weight is 399 g/mol. The predicted octanol–water partition coefficient (Wildman–Crippen LogP) is 4.75. The molecule has 0 atom stereocenters. The molecule has 2 rings (SSSR count). The first kappa shape index (κ1) is 21.3. The van der Waals surface area contributed by atoms with Crippen molar-refractivity contribution < 1.29 is 14.3 Å². The zero-order chi connectivity index (χ0) is 20.5. The van der Waals surface area contributed by atoms with Gasteiger partial charge in [0.25, 0.3) is 5.91 Å². The highest BCUT2D eigenvalue weighted by molar-refractivity contribution is 6.31. The lowest BCUT2D eigenvalue weighted by atomic mass is 10.1. The van der Waals surface area contributed by atoms with Crippen LogP contribution in [0.2, 0.25) is 5.02 Å². The first-order valence-electron chi connectivity index (χ1n) is 9.00. The third kappa shape index (κ3) is 6.04. The van der Waals surface area contributed by atoms with Crippen LogP contribution in [-0.4, -0.2) is 18.6 Å². The highest BCUT2D eigenvalue weighted by Gasteiger charge is 2.12. The maximum absolute atomic E-state index is 12.1. The van der Waals surface area contributed by atoms with Crippen molar-refractivity contribution >= 4 is 23.6 Å². The Bertz CT molecular complexity index is 901. The molecular formula is C22H23ClN2O3. The van der Waals surface area contributed by atoms with Gasteiger partial charge in [-0.05, 0) is 50.6 Å². The van der Waals surface area contributed by atoms with E-state index in [0.29, 0.717) is 35.3 Å². The summed E-state index contributed by atoms with van der Waals surface area (Å²) in [5.74, 6) is 0.684. The zero-order valence-corrected chi connectivity index (χ0v) is 16.9. The first-order valence-corrected chi connectivity index (χ1v) is 9.38. The summed E-state index contributed by atoms with van der Waals surface area (Å²) in [6.07, 6.45) is 1.53. The fraction of sp³-hybridized carbons (Fsp3) is 0.273. The van der Waals surface area contributed by atoms with Crippen LogP contribution in [0, 0.1) is 11.3 Å². The number of halogens is 1. The molecule has 2 aromatic rings. The van der Waals surface area contributed by atoms with Crippen LogP contribution in [0.15, 0.2) is 48.0 Å². The number of rotatable bonds is 8. The Morgan fingerprint density at radius 2 is 1.96 bits per heavy atom. The van der Waals surface area contributed by atoms with Gasteiger partial charge in [-0.15, -0.1) is 0 Å². The van der Waals surface area contributed by atoms with E-state index >= 15 is 0 Å². The van der Waals surface area contributed by atoms with E-state index in [2.05, 4.69) is 5.32 Å². The molecule has 2 aromatic carbocycles. The molecule has 0 fully saturated rings. The zero-order valence-electron chi connectivity index (χ0n) is 16.2. The monoisotopic (exact) mass is 398 g/mol. The van der Waals surface area contributed by atoms with Gasteiger partial charge in [0.1, 0.15) is 18.2 Å². The maximum Gasteiger partial charge on any atom is 0.262 e. The third-order valence-corrected chi connectivity index (χ3v) is 4.07. The molecule has 0 aliphatic heterocycles. The average Bonchev–Trinajstić information content (AvgIpc) is 2.66. The molecule has 146 valence electrons. The Labute approximate surface area is 170 Å². The Hall–Kier alpha value is -2.97. The maximum atomic E-state index is 12.1. The smallest absolute Gasteiger partial charge is 0.262 e. The van der Waals surface area contributed by atoms with Crippen molar-refractivity contribution in [1.29, 1.82) is 5.26 Å². The molecule has 0 radical (unpaired) electrons. The molecule has 0 heterocycles. The molecule has 28 heavy (non-hydrogen) atoms. The van der Waals surface area contributed by atoms with Crippen molar-refractivity contribution in [2.75, 3.05) is 6.61 Å². The fourth-order valence-corrected chi connectivity index (χ4v) is 2.62. The lowest BCUT2D eigenvalue weighted by Gasteiger charge is -2.13. The summed E-state index contributed by atoms with van der Waals surface area (Å²) in [6, 6.07) is 14.6. The Morgan fingerprint density at radius 3 is 2.61 bits per heavy atom. The summed E-state index contributed by atoms with van der Waals surface area (Å²) in [5.41, 5.74) is 1.57. The van der Waals surface area contributed by atoms with E-state index in [1.165, 1.54) is 6.08 Å². The molecule has 0 spiro atoms. The molecule has 6 heteroatoms. The van der Waals surface area contributed by atoms with E-state index in [1.807, 2.05) is 51.1 Å². The largest absolute Gasteiger partial charge is 0.490 e. The molecule has 0 unspecified atom stereocenters. The van der Waals surface area contributed by atoms with Crippen molar-refractivity contribution in [3.8, 4) is 17.6 Å². The van der Waals surface area contributed by atoms with Crippen LogP contribution in [0.1, 0.15) is 31.9 Å². The number of nitrogens with zero attached hydrogens (tertiary/aromatic N) is 1. The van der Waals surface area contributed by atoms with Gasteiger partial charge in [-0.2, -0.15) is 5.26 Å². The molecule has 1 amide bonds. The van der Waals surface area contributed by atoms with Gasteiger partial charge in [-0.1, -0.05) is 35.9 Å². The predicted molar refractivity (Wildman–Crippen MR) is 110 cm³/mol. The Balaban J connectivity index is 2.24. The molecular weight excluding hydrogens is 376 g/mol. The number of carbonyl (C=O) groups is 1. The van der Waals surface area contributed by atoms with Crippen LogP contribution in [0.3, 0.4) is 0 Å². The van der Waals surface area contributed by atoms with E-state index < -0.39 is 5.91 Å². The van der Waals surface area contributed by atoms with Crippen molar-refractivity contribution in [1.82, 2.24) is 5.32 Å². The van der Waals surface area contributed by atoms with Crippen LogP contribution < -0.4 is 14.8 Å². The standard InChI is InChI=1S/C22H23ClN2O3/c1-4-27-21-12-16(11-18(13-24)22(26)25-15(2)3)9-10-20(21)28-14-17-7-5-6-8-19(17)23/h5-12,15H,4,14H2,1-3H3,(H,25,26)/b18-11-. The van der Waals surface area contributed by atoms with Gasteiger partial charge in [-0.3, -0.25) is 4.79 Å². The van der Waals surface area contributed by atoms with Gasteiger partial charge >= 0.3 is 0 Å². The fourth-order valence-electron chi connectivity index (χ4n) is 2.43. The summed E-state index contributed by atoms with van der Waals surface area (Å²) >= 11 is 6.17. The second-order valence-corrected chi connectivity index (χ2v) is 6.72. The Kier molecular flexibility index (Phi) is 7.91. The molecule has 0 saturated heterocycles. The van der Waals surface area contributed by atoms with Gasteiger partial charge in [0.15, 0.2) is 11.5 Å². The minimum Gasteiger partial charge on any atom is -0.490 e. The Morgan fingerprint density at radius 1 is 1.21 bits per heavy atom. The summed E-state index contributed by atoms with van der Waals surface area (Å²) < 4.78 is 11.5. The summed E-state index contributed by atoms with van der Waals surface area (Å²) in [5, 5.41) is 12.6. The highest BCUT2D eigenvalue weighted by atomic mass is 35.5. The number of nitrogens with one attached hydrogen (secondary N) is 1.